The first-order chi connectivity index (χ1) is 9.10. The van der Waals surface area contributed by atoms with Gasteiger partial charge in [0.25, 0.3) is 5.91 Å². The number of nitrogens with one attached hydrogen (secondary N) is 2. The molecule has 0 atom stereocenters. The molecule has 6 heteroatoms. The highest BCUT2D eigenvalue weighted by molar-refractivity contribution is 6.04. The number of halogens is 2. The van der Waals surface area contributed by atoms with Crippen LogP contribution < -0.4 is 10.6 Å². The number of hydrogen-bond acceptors (Lipinski definition) is 3. The van der Waals surface area contributed by atoms with E-state index in [1.807, 2.05) is 0 Å². The number of amides is 1. The SMILES string of the molecule is CNc1cc(C(=O)Nc2cc(F)ccc2F)ccn1. The smallest absolute Gasteiger partial charge is 0.255 e. The highest BCUT2D eigenvalue weighted by atomic mass is 19.1. The van der Waals surface area contributed by atoms with E-state index in [9.17, 15) is 13.6 Å². The van der Waals surface area contributed by atoms with Gasteiger partial charge < -0.3 is 10.6 Å². The predicted octanol–water partition coefficient (Wildman–Crippen LogP) is 2.65. The van der Waals surface area contributed by atoms with E-state index in [0.29, 0.717) is 11.4 Å². The zero-order valence-corrected chi connectivity index (χ0v) is 10.1. The van der Waals surface area contributed by atoms with Crippen LogP contribution in [0.25, 0.3) is 0 Å². The Hall–Kier alpha value is -2.50. The van der Waals surface area contributed by atoms with E-state index in [-0.39, 0.29) is 5.69 Å². The van der Waals surface area contributed by atoms with E-state index in [0.717, 1.165) is 18.2 Å². The van der Waals surface area contributed by atoms with E-state index in [1.54, 1.807) is 7.05 Å². The molecule has 2 aromatic rings. The van der Waals surface area contributed by atoms with Gasteiger partial charge in [-0.15, -0.1) is 0 Å². The minimum atomic E-state index is -0.697. The number of anilines is 2. The summed E-state index contributed by atoms with van der Waals surface area (Å²) in [5.74, 6) is -1.35. The summed E-state index contributed by atoms with van der Waals surface area (Å²) in [6, 6.07) is 5.85. The Labute approximate surface area is 108 Å². The summed E-state index contributed by atoms with van der Waals surface area (Å²) in [6.07, 6.45) is 1.45. The average molecular weight is 263 g/mol. The van der Waals surface area contributed by atoms with Gasteiger partial charge in [-0.25, -0.2) is 13.8 Å². The van der Waals surface area contributed by atoms with Crippen molar-refractivity contribution in [1.29, 1.82) is 0 Å². The summed E-state index contributed by atoms with van der Waals surface area (Å²) in [4.78, 5) is 15.8. The van der Waals surface area contributed by atoms with Gasteiger partial charge in [-0.2, -0.15) is 0 Å². The van der Waals surface area contributed by atoms with Crippen molar-refractivity contribution in [2.75, 3.05) is 17.7 Å². The minimum Gasteiger partial charge on any atom is -0.373 e. The number of rotatable bonds is 3. The van der Waals surface area contributed by atoms with Gasteiger partial charge in [-0.1, -0.05) is 0 Å². The zero-order valence-electron chi connectivity index (χ0n) is 10.1. The Morgan fingerprint density at radius 1 is 1.21 bits per heavy atom. The molecule has 0 saturated carbocycles. The molecule has 0 aliphatic rings. The highest BCUT2D eigenvalue weighted by Gasteiger charge is 2.10. The van der Waals surface area contributed by atoms with Crippen molar-refractivity contribution in [3.8, 4) is 0 Å². The number of aromatic nitrogens is 1. The van der Waals surface area contributed by atoms with Crippen molar-refractivity contribution in [1.82, 2.24) is 4.98 Å². The molecule has 0 unspecified atom stereocenters. The van der Waals surface area contributed by atoms with E-state index < -0.39 is 17.5 Å². The Morgan fingerprint density at radius 2 is 2.00 bits per heavy atom. The lowest BCUT2D eigenvalue weighted by molar-refractivity contribution is 0.102. The van der Waals surface area contributed by atoms with Crippen molar-refractivity contribution >= 4 is 17.4 Å². The lowest BCUT2D eigenvalue weighted by Crippen LogP contribution is -2.13. The topological polar surface area (TPSA) is 54.0 Å². The molecule has 1 aromatic carbocycles. The van der Waals surface area contributed by atoms with Crippen molar-refractivity contribution in [2.45, 2.75) is 0 Å². The van der Waals surface area contributed by atoms with Gasteiger partial charge in [0.1, 0.15) is 17.5 Å². The Morgan fingerprint density at radius 3 is 2.74 bits per heavy atom. The van der Waals surface area contributed by atoms with E-state index in [2.05, 4.69) is 15.6 Å². The van der Waals surface area contributed by atoms with Crippen molar-refractivity contribution < 1.29 is 13.6 Å². The summed E-state index contributed by atoms with van der Waals surface area (Å²) >= 11 is 0. The second-order valence-electron chi connectivity index (χ2n) is 3.76. The molecule has 2 rings (SSSR count). The van der Waals surface area contributed by atoms with Crippen LogP contribution in [-0.4, -0.2) is 17.9 Å². The highest BCUT2D eigenvalue weighted by Crippen LogP contribution is 2.17. The number of nitrogens with zero attached hydrogens (tertiary/aromatic N) is 1. The van der Waals surface area contributed by atoms with Crippen molar-refractivity contribution in [3.05, 3.63) is 53.7 Å². The molecule has 98 valence electrons. The fourth-order valence-electron chi connectivity index (χ4n) is 1.50. The lowest BCUT2D eigenvalue weighted by Gasteiger charge is -2.07. The Balaban J connectivity index is 2.22. The molecular weight excluding hydrogens is 252 g/mol. The number of carbonyl (C=O) groups excluding carboxylic acids is 1. The maximum atomic E-state index is 13.4. The van der Waals surface area contributed by atoms with Crippen LogP contribution in [0.1, 0.15) is 10.4 Å². The van der Waals surface area contributed by atoms with Gasteiger partial charge in [-0.05, 0) is 24.3 Å². The monoisotopic (exact) mass is 263 g/mol. The summed E-state index contributed by atoms with van der Waals surface area (Å²) in [5, 5.41) is 5.09. The quantitative estimate of drug-likeness (QED) is 0.895. The molecule has 1 heterocycles. The van der Waals surface area contributed by atoms with E-state index in [1.165, 1.54) is 18.3 Å². The number of hydrogen-bond donors (Lipinski definition) is 2. The van der Waals surface area contributed by atoms with Gasteiger partial charge in [0, 0.05) is 24.9 Å². The van der Waals surface area contributed by atoms with Crippen LogP contribution in [-0.2, 0) is 0 Å². The molecule has 0 aliphatic heterocycles. The van der Waals surface area contributed by atoms with Gasteiger partial charge in [0.15, 0.2) is 0 Å². The van der Waals surface area contributed by atoms with Crippen molar-refractivity contribution in [2.24, 2.45) is 0 Å². The third-order valence-corrected chi connectivity index (χ3v) is 2.45. The van der Waals surface area contributed by atoms with Crippen LogP contribution in [0.15, 0.2) is 36.5 Å². The van der Waals surface area contributed by atoms with Gasteiger partial charge in [0.05, 0.1) is 5.69 Å². The van der Waals surface area contributed by atoms with Crippen LogP contribution >= 0.6 is 0 Å². The largest absolute Gasteiger partial charge is 0.373 e. The first-order valence-electron chi connectivity index (χ1n) is 5.50. The van der Waals surface area contributed by atoms with Crippen LogP contribution in [0.4, 0.5) is 20.3 Å². The minimum absolute atomic E-state index is 0.201. The van der Waals surface area contributed by atoms with Crippen LogP contribution in [0.3, 0.4) is 0 Å². The number of pyridine rings is 1. The third kappa shape index (κ3) is 3.04. The lowest BCUT2D eigenvalue weighted by atomic mass is 10.2. The molecule has 1 amide bonds. The number of benzene rings is 1. The zero-order chi connectivity index (χ0) is 13.8. The molecule has 0 radical (unpaired) electrons. The standard InChI is InChI=1S/C13H11F2N3O/c1-16-12-6-8(4-5-17-12)13(19)18-11-7-9(14)2-3-10(11)15/h2-7H,1H3,(H,16,17)(H,18,19). The Kier molecular flexibility index (Phi) is 3.70. The van der Waals surface area contributed by atoms with Crippen LogP contribution in [0.5, 0.6) is 0 Å². The molecule has 0 fully saturated rings. The average Bonchev–Trinajstić information content (AvgIpc) is 2.43. The summed E-state index contributed by atoms with van der Waals surface area (Å²) in [5.41, 5.74) is 0.0934. The van der Waals surface area contributed by atoms with Crippen molar-refractivity contribution in [3.63, 3.8) is 0 Å². The Bertz CT molecular complexity index is 617. The first-order valence-corrected chi connectivity index (χ1v) is 5.50. The molecular formula is C13H11F2N3O. The molecule has 0 aliphatic carbocycles. The first kappa shape index (κ1) is 12.9. The summed E-state index contributed by atoms with van der Waals surface area (Å²) < 4.78 is 26.4. The second kappa shape index (κ2) is 5.43. The van der Waals surface area contributed by atoms with E-state index >= 15 is 0 Å². The predicted molar refractivity (Wildman–Crippen MR) is 68.1 cm³/mol. The van der Waals surface area contributed by atoms with Gasteiger partial charge >= 0.3 is 0 Å². The van der Waals surface area contributed by atoms with E-state index in [4.69, 9.17) is 0 Å². The molecule has 19 heavy (non-hydrogen) atoms. The summed E-state index contributed by atoms with van der Waals surface area (Å²) in [6.45, 7) is 0. The molecule has 0 spiro atoms. The normalized spacial score (nSPS) is 10.1. The fraction of sp³-hybridized carbons (Fsp3) is 0.0769. The van der Waals surface area contributed by atoms with Gasteiger partial charge in [0.2, 0.25) is 0 Å². The van der Waals surface area contributed by atoms with Crippen LogP contribution in [0.2, 0.25) is 0 Å². The van der Waals surface area contributed by atoms with Crippen LogP contribution in [0, 0.1) is 11.6 Å². The third-order valence-electron chi connectivity index (χ3n) is 2.45. The molecule has 0 bridgehead atoms. The number of carbonyl (C=O) groups is 1. The molecule has 0 saturated heterocycles. The molecule has 2 N–H and O–H groups in total. The maximum Gasteiger partial charge on any atom is 0.255 e. The fourth-order valence-corrected chi connectivity index (χ4v) is 1.50. The summed E-state index contributed by atoms with van der Waals surface area (Å²) in [7, 11) is 1.66. The maximum absolute atomic E-state index is 13.4. The molecule has 4 nitrogen and oxygen atoms in total. The van der Waals surface area contributed by atoms with Gasteiger partial charge in [-0.3, -0.25) is 4.79 Å². The second-order valence-corrected chi connectivity index (χ2v) is 3.76. The molecule has 1 aromatic heterocycles.